The Balaban J connectivity index is 1.63. The fraction of sp³-hybridized carbons (Fsp3) is 0.647. The van der Waals surface area contributed by atoms with Gasteiger partial charge in [0.1, 0.15) is 12.0 Å². The summed E-state index contributed by atoms with van der Waals surface area (Å²) in [6.45, 7) is 0. The van der Waals surface area contributed by atoms with E-state index in [-0.39, 0.29) is 12.0 Å². The Morgan fingerprint density at radius 3 is 2.83 bits per heavy atom. The molecule has 6 heteroatoms. The summed E-state index contributed by atoms with van der Waals surface area (Å²) in [4.78, 5) is 4.49. The van der Waals surface area contributed by atoms with Gasteiger partial charge in [0, 0.05) is 24.2 Å². The number of nitrogens with two attached hydrogens (primary N) is 1. The minimum absolute atomic E-state index is 0.112. The molecule has 124 valence electrons. The number of nitrogens with one attached hydrogen (secondary N) is 1. The maximum Gasteiger partial charge on any atom is 0.157 e. The van der Waals surface area contributed by atoms with Crippen LogP contribution in [0.1, 0.15) is 56.8 Å². The van der Waals surface area contributed by atoms with Gasteiger partial charge in [0.25, 0.3) is 0 Å². The van der Waals surface area contributed by atoms with Gasteiger partial charge in [-0.05, 0) is 38.0 Å². The van der Waals surface area contributed by atoms with Crippen molar-refractivity contribution in [2.24, 2.45) is 11.7 Å². The molecule has 2 aromatic heterocycles. The van der Waals surface area contributed by atoms with Gasteiger partial charge in [-0.3, -0.25) is 0 Å². The smallest absolute Gasteiger partial charge is 0.157 e. The zero-order chi connectivity index (χ0) is 15.8. The van der Waals surface area contributed by atoms with Crippen LogP contribution in [0.2, 0.25) is 0 Å². The first-order valence-corrected chi connectivity index (χ1v) is 8.71. The van der Waals surface area contributed by atoms with Crippen molar-refractivity contribution in [3.05, 3.63) is 24.0 Å². The monoisotopic (exact) mass is 317 g/mol. The third-order valence-electron chi connectivity index (χ3n) is 5.30. The Labute approximate surface area is 135 Å². The third-order valence-corrected chi connectivity index (χ3v) is 5.30. The number of halogens is 1. The largest absolute Gasteiger partial charge is 0.367 e. The highest BCUT2D eigenvalue weighted by Crippen LogP contribution is 2.38. The molecule has 0 saturated heterocycles. The molecule has 5 nitrogen and oxygen atoms in total. The predicted octanol–water partition coefficient (Wildman–Crippen LogP) is 3.22. The fourth-order valence-corrected chi connectivity index (χ4v) is 4.02. The molecule has 0 aromatic carbocycles. The number of fused-ring (bicyclic) bond motifs is 1. The molecule has 1 unspecified atom stereocenters. The molecule has 2 aliphatic carbocycles. The van der Waals surface area contributed by atoms with Crippen molar-refractivity contribution in [2.45, 2.75) is 63.2 Å². The molecule has 0 amide bonds. The topological polar surface area (TPSA) is 68.2 Å². The molecule has 2 aromatic rings. The molecule has 3 atom stereocenters. The predicted molar refractivity (Wildman–Crippen MR) is 88.0 cm³/mol. The van der Waals surface area contributed by atoms with Crippen molar-refractivity contribution >= 4 is 11.5 Å². The lowest BCUT2D eigenvalue weighted by molar-refractivity contribution is 0.230. The number of hydrogen-bond acceptors (Lipinski definition) is 4. The zero-order valence-corrected chi connectivity index (χ0v) is 13.3. The molecule has 0 spiro atoms. The average molecular weight is 317 g/mol. The first kappa shape index (κ1) is 14.9. The molecule has 2 fully saturated rings. The van der Waals surface area contributed by atoms with Crippen LogP contribution in [0.4, 0.5) is 10.2 Å². The summed E-state index contributed by atoms with van der Waals surface area (Å²) in [5.41, 5.74) is 7.24. The SMILES string of the molecule is N[C@H]1CC[C@H](Nc2cc(C(F)C3CCCC3)nc3ccnn23)C1. The van der Waals surface area contributed by atoms with E-state index in [0.29, 0.717) is 17.4 Å². The summed E-state index contributed by atoms with van der Waals surface area (Å²) >= 11 is 0. The van der Waals surface area contributed by atoms with Gasteiger partial charge in [-0.1, -0.05) is 12.8 Å². The van der Waals surface area contributed by atoms with Crippen molar-refractivity contribution in [1.29, 1.82) is 0 Å². The van der Waals surface area contributed by atoms with E-state index in [0.717, 1.165) is 50.8 Å². The normalized spacial score (nSPS) is 26.9. The molecule has 4 rings (SSSR count). The minimum Gasteiger partial charge on any atom is -0.367 e. The first-order chi connectivity index (χ1) is 11.2. The maximum absolute atomic E-state index is 14.9. The molecule has 0 aliphatic heterocycles. The highest BCUT2D eigenvalue weighted by atomic mass is 19.1. The molecule has 23 heavy (non-hydrogen) atoms. The van der Waals surface area contributed by atoms with Crippen molar-refractivity contribution in [1.82, 2.24) is 14.6 Å². The number of nitrogens with zero attached hydrogens (tertiary/aromatic N) is 3. The van der Waals surface area contributed by atoms with Gasteiger partial charge in [0.05, 0.1) is 11.9 Å². The van der Waals surface area contributed by atoms with E-state index in [4.69, 9.17) is 5.73 Å². The number of alkyl halides is 1. The Bertz CT molecular complexity index is 679. The first-order valence-electron chi connectivity index (χ1n) is 8.71. The molecule has 2 heterocycles. The lowest BCUT2D eigenvalue weighted by Crippen LogP contribution is -2.22. The number of anilines is 1. The van der Waals surface area contributed by atoms with Crippen LogP contribution in [0.3, 0.4) is 0 Å². The van der Waals surface area contributed by atoms with Gasteiger partial charge in [0.15, 0.2) is 5.65 Å². The number of rotatable bonds is 4. The summed E-state index contributed by atoms with van der Waals surface area (Å²) < 4.78 is 16.6. The van der Waals surface area contributed by atoms with Gasteiger partial charge < -0.3 is 11.1 Å². The Morgan fingerprint density at radius 1 is 1.26 bits per heavy atom. The quantitative estimate of drug-likeness (QED) is 0.908. The summed E-state index contributed by atoms with van der Waals surface area (Å²) in [6, 6.07) is 4.26. The second-order valence-corrected chi connectivity index (χ2v) is 7.03. The second kappa shape index (κ2) is 6.07. The molecule has 0 bridgehead atoms. The van der Waals surface area contributed by atoms with Crippen LogP contribution in [0, 0.1) is 5.92 Å². The Morgan fingerprint density at radius 2 is 2.09 bits per heavy atom. The van der Waals surface area contributed by atoms with Crippen molar-refractivity contribution in [3.8, 4) is 0 Å². The zero-order valence-electron chi connectivity index (χ0n) is 13.3. The maximum atomic E-state index is 14.9. The molecule has 3 N–H and O–H groups in total. The molecular weight excluding hydrogens is 293 g/mol. The van der Waals surface area contributed by atoms with Gasteiger partial charge >= 0.3 is 0 Å². The van der Waals surface area contributed by atoms with Gasteiger partial charge in [-0.25, -0.2) is 9.37 Å². The average Bonchev–Trinajstić information content (AvgIpc) is 3.27. The fourth-order valence-electron chi connectivity index (χ4n) is 4.02. The molecular formula is C17H24FN5. The minimum atomic E-state index is -0.983. The van der Waals surface area contributed by atoms with E-state index >= 15 is 0 Å². The second-order valence-electron chi connectivity index (χ2n) is 7.03. The number of hydrogen-bond donors (Lipinski definition) is 2. The van der Waals surface area contributed by atoms with Crippen LogP contribution in [0.5, 0.6) is 0 Å². The summed E-state index contributed by atoms with van der Waals surface area (Å²) in [7, 11) is 0. The van der Waals surface area contributed by atoms with E-state index < -0.39 is 6.17 Å². The lowest BCUT2D eigenvalue weighted by Gasteiger charge is -2.19. The van der Waals surface area contributed by atoms with Crippen LogP contribution < -0.4 is 11.1 Å². The van der Waals surface area contributed by atoms with Crippen LogP contribution in [-0.2, 0) is 0 Å². The van der Waals surface area contributed by atoms with E-state index in [1.54, 1.807) is 10.7 Å². The summed E-state index contributed by atoms with van der Waals surface area (Å²) in [5.74, 6) is 0.940. The highest BCUT2D eigenvalue weighted by molar-refractivity contribution is 5.50. The van der Waals surface area contributed by atoms with E-state index in [1.807, 2.05) is 12.1 Å². The van der Waals surface area contributed by atoms with Crippen LogP contribution in [0.15, 0.2) is 18.3 Å². The van der Waals surface area contributed by atoms with Gasteiger partial charge in [-0.15, -0.1) is 0 Å². The Hall–Kier alpha value is -1.69. The van der Waals surface area contributed by atoms with Crippen LogP contribution in [-0.4, -0.2) is 26.7 Å². The lowest BCUT2D eigenvalue weighted by atomic mass is 9.99. The van der Waals surface area contributed by atoms with Crippen molar-refractivity contribution in [2.75, 3.05) is 5.32 Å². The van der Waals surface area contributed by atoms with E-state index in [9.17, 15) is 4.39 Å². The highest BCUT2D eigenvalue weighted by Gasteiger charge is 2.29. The molecule has 2 aliphatic rings. The van der Waals surface area contributed by atoms with Crippen molar-refractivity contribution < 1.29 is 4.39 Å². The van der Waals surface area contributed by atoms with Gasteiger partial charge in [-0.2, -0.15) is 9.61 Å². The molecule has 0 radical (unpaired) electrons. The standard InChI is InChI=1S/C17H24FN5/c18-17(11-3-1-2-4-11)14-10-16(21-13-6-5-12(19)9-13)23-15(22-14)7-8-20-23/h7-8,10-13,17,21H,1-6,9,19H2/t12-,13-,17?/m0/s1. The van der Waals surface area contributed by atoms with E-state index in [2.05, 4.69) is 15.4 Å². The number of aromatic nitrogens is 3. The third kappa shape index (κ3) is 2.92. The summed E-state index contributed by atoms with van der Waals surface area (Å²) in [6.07, 6.45) is 7.94. The molecule has 2 saturated carbocycles. The van der Waals surface area contributed by atoms with Crippen LogP contribution in [0.25, 0.3) is 5.65 Å². The van der Waals surface area contributed by atoms with Gasteiger partial charge in [0.2, 0.25) is 0 Å². The summed E-state index contributed by atoms with van der Waals surface area (Å²) in [5, 5.41) is 7.82. The van der Waals surface area contributed by atoms with Crippen LogP contribution >= 0.6 is 0 Å². The Kier molecular flexibility index (Phi) is 3.93. The van der Waals surface area contributed by atoms with Crippen molar-refractivity contribution in [3.63, 3.8) is 0 Å². The van der Waals surface area contributed by atoms with E-state index in [1.165, 1.54) is 0 Å².